The first-order chi connectivity index (χ1) is 14.4. The molecule has 0 fully saturated rings. The minimum absolute atomic E-state index is 0.0286. The molecule has 0 aliphatic carbocycles. The summed E-state index contributed by atoms with van der Waals surface area (Å²) in [7, 11) is 3.99. The molecule has 3 rings (SSSR count). The lowest BCUT2D eigenvalue weighted by molar-refractivity contribution is -0.116. The lowest BCUT2D eigenvalue weighted by Gasteiger charge is -2.11. The van der Waals surface area contributed by atoms with E-state index in [4.69, 9.17) is 5.73 Å². The summed E-state index contributed by atoms with van der Waals surface area (Å²) in [6.07, 6.45) is 4.44. The predicted molar refractivity (Wildman–Crippen MR) is 124 cm³/mol. The smallest absolute Gasteiger partial charge is 0.224 e. The minimum atomic E-state index is -0.0286. The number of Topliss-reactive ketones (excluding diaryl/α,β-unsaturated/α-hetero) is 1. The fourth-order valence-corrected chi connectivity index (χ4v) is 3.43. The number of ketones is 1. The maximum Gasteiger partial charge on any atom is 0.224 e. The number of unbranched alkanes of at least 4 members (excludes halogenated alkanes) is 3. The number of rotatable bonds is 10. The van der Waals surface area contributed by atoms with Crippen molar-refractivity contribution >= 4 is 39.7 Å². The number of fused-ring (bicyclic) bond motifs is 1. The number of H-pyrrole nitrogens is 1. The number of nitrogens with two attached hydrogens (primary N) is 1. The molecule has 1 heterocycles. The molecule has 0 unspecified atom stereocenters. The molecule has 0 bridgehead atoms. The van der Waals surface area contributed by atoms with Crippen LogP contribution in [0.25, 0.3) is 10.9 Å². The molecule has 4 N–H and O–H groups in total. The van der Waals surface area contributed by atoms with Gasteiger partial charge in [0.1, 0.15) is 0 Å². The van der Waals surface area contributed by atoms with Crippen molar-refractivity contribution in [1.82, 2.24) is 4.98 Å². The highest BCUT2D eigenvalue weighted by Gasteiger charge is 2.10. The fraction of sp³-hybridized carbons (Fsp3) is 0.333. The number of nitrogens with one attached hydrogen (secondary N) is 2. The fourth-order valence-electron chi connectivity index (χ4n) is 3.43. The lowest BCUT2D eigenvalue weighted by Crippen LogP contribution is -2.12. The van der Waals surface area contributed by atoms with Gasteiger partial charge in [0.25, 0.3) is 0 Å². The number of benzene rings is 2. The highest BCUT2D eigenvalue weighted by molar-refractivity contribution is 6.00. The first-order valence-electron chi connectivity index (χ1n) is 10.4. The Balaban J connectivity index is 1.37. The first-order valence-corrected chi connectivity index (χ1v) is 10.4. The summed E-state index contributed by atoms with van der Waals surface area (Å²) in [6.45, 7) is 0. The van der Waals surface area contributed by atoms with Crippen molar-refractivity contribution in [2.45, 2.75) is 38.5 Å². The van der Waals surface area contributed by atoms with E-state index in [1.165, 1.54) is 0 Å². The normalized spacial score (nSPS) is 10.9. The number of para-hydroxylation sites is 2. The van der Waals surface area contributed by atoms with E-state index in [-0.39, 0.29) is 11.7 Å². The number of carbonyl (C=O) groups excluding carboxylic acids is 2. The van der Waals surface area contributed by atoms with Crippen molar-refractivity contribution < 1.29 is 9.59 Å². The van der Waals surface area contributed by atoms with E-state index < -0.39 is 0 Å². The van der Waals surface area contributed by atoms with Crippen LogP contribution in [0.3, 0.4) is 0 Å². The van der Waals surface area contributed by atoms with E-state index >= 15 is 0 Å². The number of anilines is 3. The SMILES string of the molecule is CN(C)c1ccc2cc(C(=O)CCCCCCC(=O)Nc3ccccc3N)[nH]c2c1. The Bertz CT molecular complexity index is 1020. The molecule has 0 aliphatic rings. The number of aromatic amines is 1. The van der Waals surface area contributed by atoms with Crippen molar-refractivity contribution in [3.8, 4) is 0 Å². The second kappa shape index (κ2) is 9.96. The van der Waals surface area contributed by atoms with E-state index in [1.807, 2.05) is 49.3 Å². The summed E-state index contributed by atoms with van der Waals surface area (Å²) in [5.74, 6) is 0.106. The van der Waals surface area contributed by atoms with E-state index in [2.05, 4.69) is 16.4 Å². The monoisotopic (exact) mass is 406 g/mol. The zero-order chi connectivity index (χ0) is 21.5. The van der Waals surface area contributed by atoms with Crippen molar-refractivity contribution in [2.75, 3.05) is 30.0 Å². The zero-order valence-electron chi connectivity index (χ0n) is 17.7. The van der Waals surface area contributed by atoms with Crippen LogP contribution in [-0.2, 0) is 4.79 Å². The number of hydrogen-bond donors (Lipinski definition) is 3. The van der Waals surface area contributed by atoms with Crippen molar-refractivity contribution in [3.63, 3.8) is 0 Å². The summed E-state index contributed by atoms with van der Waals surface area (Å²) < 4.78 is 0. The number of hydrogen-bond acceptors (Lipinski definition) is 4. The van der Waals surface area contributed by atoms with Gasteiger partial charge in [-0.1, -0.05) is 31.0 Å². The van der Waals surface area contributed by atoms with Crippen LogP contribution in [0, 0.1) is 0 Å². The molecule has 0 saturated heterocycles. The molecule has 30 heavy (non-hydrogen) atoms. The van der Waals surface area contributed by atoms with Gasteiger partial charge in [-0.25, -0.2) is 0 Å². The highest BCUT2D eigenvalue weighted by atomic mass is 16.1. The Hall–Kier alpha value is -3.28. The first kappa shape index (κ1) is 21.4. The maximum absolute atomic E-state index is 12.5. The van der Waals surface area contributed by atoms with Gasteiger partial charge < -0.3 is 20.9 Å². The summed E-state index contributed by atoms with van der Waals surface area (Å²) in [5.41, 5.74) is 9.81. The Morgan fingerprint density at radius 3 is 2.43 bits per heavy atom. The number of aromatic nitrogens is 1. The summed E-state index contributed by atoms with van der Waals surface area (Å²) in [5, 5.41) is 3.89. The molecule has 158 valence electrons. The number of nitrogens with zero attached hydrogens (tertiary/aromatic N) is 1. The van der Waals surface area contributed by atoms with Crippen LogP contribution in [0.5, 0.6) is 0 Å². The van der Waals surface area contributed by atoms with Gasteiger partial charge >= 0.3 is 0 Å². The number of nitrogen functional groups attached to an aromatic ring is 1. The van der Waals surface area contributed by atoms with Crippen molar-refractivity contribution in [3.05, 3.63) is 54.2 Å². The molecule has 1 amide bonds. The van der Waals surface area contributed by atoms with Gasteiger partial charge in [0.15, 0.2) is 5.78 Å². The molecule has 0 atom stereocenters. The highest BCUT2D eigenvalue weighted by Crippen LogP contribution is 2.22. The molecule has 1 aromatic heterocycles. The second-order valence-corrected chi connectivity index (χ2v) is 7.82. The minimum Gasteiger partial charge on any atom is -0.397 e. The van der Waals surface area contributed by atoms with Gasteiger partial charge in [-0.2, -0.15) is 0 Å². The molecule has 6 nitrogen and oxygen atoms in total. The number of amides is 1. The van der Waals surface area contributed by atoms with Gasteiger partial charge in [-0.15, -0.1) is 0 Å². The predicted octanol–water partition coefficient (Wildman–Crippen LogP) is 4.98. The molecular formula is C24H30N4O2. The molecule has 0 radical (unpaired) electrons. The van der Waals surface area contributed by atoms with Crippen molar-refractivity contribution in [1.29, 1.82) is 0 Å². The van der Waals surface area contributed by atoms with Crippen LogP contribution in [0.1, 0.15) is 49.0 Å². The van der Waals surface area contributed by atoms with Crippen LogP contribution < -0.4 is 16.0 Å². The van der Waals surface area contributed by atoms with Crippen LogP contribution in [0.4, 0.5) is 17.1 Å². The summed E-state index contributed by atoms with van der Waals surface area (Å²) in [6, 6.07) is 15.3. The van der Waals surface area contributed by atoms with E-state index in [9.17, 15) is 9.59 Å². The molecule has 0 spiro atoms. The summed E-state index contributed by atoms with van der Waals surface area (Å²) >= 11 is 0. The van der Waals surface area contributed by atoms with Crippen LogP contribution in [0.2, 0.25) is 0 Å². The molecule has 2 aromatic carbocycles. The van der Waals surface area contributed by atoms with E-state index in [0.29, 0.717) is 29.9 Å². The Morgan fingerprint density at radius 2 is 1.70 bits per heavy atom. The topological polar surface area (TPSA) is 91.2 Å². The maximum atomic E-state index is 12.5. The third kappa shape index (κ3) is 5.63. The molecular weight excluding hydrogens is 376 g/mol. The quantitative estimate of drug-likeness (QED) is 0.252. The molecule has 6 heteroatoms. The van der Waals surface area contributed by atoms with E-state index in [1.54, 1.807) is 12.1 Å². The van der Waals surface area contributed by atoms with E-state index in [0.717, 1.165) is 42.3 Å². The molecule has 0 saturated carbocycles. The van der Waals surface area contributed by atoms with Crippen LogP contribution >= 0.6 is 0 Å². The Morgan fingerprint density at radius 1 is 0.967 bits per heavy atom. The third-order valence-electron chi connectivity index (χ3n) is 5.22. The van der Waals surface area contributed by atoms with Gasteiger partial charge in [-0.3, -0.25) is 9.59 Å². The average Bonchev–Trinajstić information content (AvgIpc) is 3.15. The largest absolute Gasteiger partial charge is 0.397 e. The molecule has 0 aliphatic heterocycles. The van der Waals surface area contributed by atoms with Gasteiger partial charge in [-0.05, 0) is 43.2 Å². The van der Waals surface area contributed by atoms with Crippen molar-refractivity contribution in [2.24, 2.45) is 0 Å². The Labute approximate surface area is 177 Å². The average molecular weight is 407 g/mol. The van der Waals surface area contributed by atoms with Gasteiger partial charge in [0, 0.05) is 43.5 Å². The van der Waals surface area contributed by atoms with Crippen LogP contribution in [0.15, 0.2) is 48.5 Å². The molecule has 3 aromatic rings. The second-order valence-electron chi connectivity index (χ2n) is 7.82. The van der Waals surface area contributed by atoms with Crippen LogP contribution in [-0.4, -0.2) is 30.8 Å². The van der Waals surface area contributed by atoms with Gasteiger partial charge in [0.2, 0.25) is 5.91 Å². The summed E-state index contributed by atoms with van der Waals surface area (Å²) in [4.78, 5) is 29.8. The Kier molecular flexibility index (Phi) is 7.12. The standard InChI is InChI=1S/C24H30N4O2/c1-28(2)18-14-13-17-15-22(26-21(17)16-18)23(29)11-5-3-4-6-12-24(30)27-20-10-8-7-9-19(20)25/h7-10,13-16,26H,3-6,11-12,25H2,1-2H3,(H,27,30). The number of carbonyl (C=O) groups is 2. The van der Waals surface area contributed by atoms with Gasteiger partial charge in [0.05, 0.1) is 17.1 Å². The lowest BCUT2D eigenvalue weighted by atomic mass is 10.1. The third-order valence-corrected chi connectivity index (χ3v) is 5.22. The zero-order valence-corrected chi connectivity index (χ0v) is 17.7.